The van der Waals surface area contributed by atoms with Crippen molar-refractivity contribution in [2.75, 3.05) is 59.1 Å². The number of nitrogens with one attached hydrogen (secondary N) is 4. The van der Waals surface area contributed by atoms with Crippen molar-refractivity contribution < 1.29 is 47.4 Å². The van der Waals surface area contributed by atoms with Gasteiger partial charge in [-0.1, -0.05) is 207 Å². The molecule has 14 rings (SSSR count). The second kappa shape index (κ2) is 44.6. The topological polar surface area (TPSA) is 140 Å². The van der Waals surface area contributed by atoms with Gasteiger partial charge in [-0.15, -0.1) is 0 Å². The van der Waals surface area contributed by atoms with Crippen LogP contribution in [0.25, 0.3) is 0 Å². The van der Waals surface area contributed by atoms with E-state index in [0.717, 1.165) is 187 Å². The number of rotatable bonds is 34. The fourth-order valence-electron chi connectivity index (χ4n) is 13.0. The van der Waals surface area contributed by atoms with E-state index in [1.807, 2.05) is 158 Å². The molecular formula is C95H114N4O10. The summed E-state index contributed by atoms with van der Waals surface area (Å²) < 4.78 is 59.9. The molecule has 0 radical (unpaired) electrons. The molecule has 0 bridgehead atoms. The third-order valence-electron chi connectivity index (χ3n) is 19.2. The Morgan fingerprint density at radius 1 is 0.321 bits per heavy atom. The van der Waals surface area contributed by atoms with Crippen LogP contribution in [0.15, 0.2) is 255 Å². The van der Waals surface area contributed by atoms with Crippen LogP contribution in [-0.4, -0.2) is 89.0 Å². The van der Waals surface area contributed by atoms with E-state index in [0.29, 0.717) is 33.0 Å². The van der Waals surface area contributed by atoms with E-state index in [2.05, 4.69) is 146 Å². The minimum Gasteiger partial charge on any atom is -0.494 e. The lowest BCUT2D eigenvalue weighted by Gasteiger charge is -2.30. The Morgan fingerprint density at radius 3 is 0.982 bits per heavy atom. The van der Waals surface area contributed by atoms with Crippen molar-refractivity contribution in [3.8, 4) is 51.7 Å². The van der Waals surface area contributed by atoms with Gasteiger partial charge in [0.25, 0.3) is 0 Å². The summed E-state index contributed by atoms with van der Waals surface area (Å²) in [5.41, 5.74) is 11.1. The van der Waals surface area contributed by atoms with E-state index < -0.39 is 0 Å². The van der Waals surface area contributed by atoms with Crippen molar-refractivity contribution in [3.05, 3.63) is 305 Å². The predicted octanol–water partition coefficient (Wildman–Crippen LogP) is 18.9. The lowest BCUT2D eigenvalue weighted by molar-refractivity contribution is 0.126. The first-order valence-electron chi connectivity index (χ1n) is 39.6. The minimum absolute atomic E-state index is 0.115. The van der Waals surface area contributed by atoms with E-state index in [-0.39, 0.29) is 30.0 Å². The first-order chi connectivity index (χ1) is 53.6. The van der Waals surface area contributed by atoms with Crippen LogP contribution in [0.2, 0.25) is 0 Å². The predicted molar refractivity (Wildman–Crippen MR) is 438 cm³/mol. The summed E-state index contributed by atoms with van der Waals surface area (Å²) in [6, 6.07) is 86.1. The highest BCUT2D eigenvalue weighted by molar-refractivity contribution is 5.46. The Hall–Kier alpha value is -9.80. The van der Waals surface area contributed by atoms with Gasteiger partial charge >= 0.3 is 0 Å². The third kappa shape index (κ3) is 28.9. The van der Waals surface area contributed by atoms with Gasteiger partial charge in [-0.05, 0) is 191 Å². The first-order valence-corrected chi connectivity index (χ1v) is 39.6. The maximum absolute atomic E-state index is 6.23. The van der Waals surface area contributed by atoms with Gasteiger partial charge in [0.05, 0.1) is 6.61 Å². The smallest absolute Gasteiger partial charge is 0.126 e. The van der Waals surface area contributed by atoms with Crippen molar-refractivity contribution >= 4 is 0 Å². The fourth-order valence-corrected chi connectivity index (χ4v) is 13.0. The summed E-state index contributed by atoms with van der Waals surface area (Å²) in [7, 11) is 0. The quantitative estimate of drug-likeness (QED) is 0.0284. The van der Waals surface area contributed by atoms with Crippen molar-refractivity contribution in [1.29, 1.82) is 0 Å². The average Bonchev–Trinajstić information content (AvgIpc) is 0.844. The highest BCUT2D eigenvalue weighted by Crippen LogP contribution is 2.36. The Labute approximate surface area is 648 Å². The molecule has 0 fully saturated rings. The van der Waals surface area contributed by atoms with E-state index in [9.17, 15) is 0 Å². The molecule has 10 aromatic carbocycles. The zero-order chi connectivity index (χ0) is 75.2. The van der Waals surface area contributed by atoms with E-state index in [4.69, 9.17) is 47.4 Å². The molecule has 0 unspecified atom stereocenters. The van der Waals surface area contributed by atoms with Gasteiger partial charge in [-0.3, -0.25) is 0 Å². The molecule has 4 aliphatic rings. The van der Waals surface area contributed by atoms with Crippen LogP contribution in [0.1, 0.15) is 129 Å². The number of benzene rings is 10. The highest BCUT2D eigenvalue weighted by atomic mass is 16.5. The molecule has 0 spiro atoms. The van der Waals surface area contributed by atoms with E-state index in [1.165, 1.54) is 50.9 Å². The van der Waals surface area contributed by atoms with Crippen LogP contribution in [0, 0.1) is 0 Å². The molecule has 14 heteroatoms. The Balaban J connectivity index is 0.000000145. The summed E-state index contributed by atoms with van der Waals surface area (Å²) >= 11 is 0. The zero-order valence-electron chi connectivity index (χ0n) is 64.5. The average molecular weight is 1470 g/mol. The van der Waals surface area contributed by atoms with Gasteiger partial charge in [0.2, 0.25) is 0 Å². The number of ether oxygens (including phenoxy) is 10. The number of hydrogen-bond acceptors (Lipinski definition) is 14. The molecule has 574 valence electrons. The Morgan fingerprint density at radius 2 is 0.633 bits per heavy atom. The van der Waals surface area contributed by atoms with Gasteiger partial charge in [0.1, 0.15) is 103 Å². The molecule has 4 atom stereocenters. The molecule has 0 saturated carbocycles. The van der Waals surface area contributed by atoms with Gasteiger partial charge in [0, 0.05) is 75.7 Å². The maximum atomic E-state index is 6.23. The molecular weight excluding hydrogens is 1360 g/mol. The van der Waals surface area contributed by atoms with Gasteiger partial charge in [-0.25, -0.2) is 0 Å². The second-order valence-electron chi connectivity index (χ2n) is 29.3. The number of aryl methyl sites for hydroxylation is 4. The van der Waals surface area contributed by atoms with Crippen molar-refractivity contribution in [2.24, 2.45) is 0 Å². The molecule has 0 aliphatic carbocycles. The summed E-state index contributed by atoms with van der Waals surface area (Å²) in [5.74, 6) is 8.20. The molecule has 4 heterocycles. The number of hydrogen-bond donors (Lipinski definition) is 4. The summed E-state index contributed by atoms with van der Waals surface area (Å²) in [4.78, 5) is 0. The summed E-state index contributed by atoms with van der Waals surface area (Å²) in [6.07, 6.45) is 13.6. The zero-order valence-corrected chi connectivity index (χ0v) is 64.5. The van der Waals surface area contributed by atoms with Crippen molar-refractivity contribution in [3.63, 3.8) is 0 Å². The summed E-state index contributed by atoms with van der Waals surface area (Å²) in [6.45, 7) is 19.7. The molecule has 0 amide bonds. The third-order valence-corrected chi connectivity index (χ3v) is 19.2. The monoisotopic (exact) mass is 1470 g/mol. The molecule has 4 N–H and O–H groups in total. The molecule has 0 saturated heterocycles. The molecule has 109 heavy (non-hydrogen) atoms. The minimum atomic E-state index is 0.115. The molecule has 4 aliphatic heterocycles. The largest absolute Gasteiger partial charge is 0.494 e. The standard InChI is InChI=1S/C26H29NO3.C24H33NO3.C24H25NO2.C21H27NO2/c1-3-8-21(9-4-1)20-29-24-14-12-22-13-15-25(30-26(22)18-24)19-27-16-7-17-28-23-10-5-2-6-11-23;1-2-3-15-26-16-7-14-25-18-23-13-11-21-10-12-22(17-24(21)28-23)27-19-20-8-5-4-6-9-20;1-3-7-19(8-4-1)16-25-17-23-14-12-21-11-13-22(15-24(21)27-23)26-18-20-9-5-2-6-10-20;1-21(2,3)22-14-19-12-10-17-9-11-18(13-20(17)24-19)23-15-16-7-5-4-6-8-16/h1-6,8-12,14,18,25,27H,7,13,15-17,19-20H2;4-6,8-10,12,17,23,25H,2-3,7,11,13-16,18-19H2,1H3;1-11,13,15,23,25H,12,14,16-18H2;4-9,11,13,19,22H,10,12,14-15H2,1-3H3/t25-;2*23-;19-/m1111/s1. The molecule has 0 aromatic heterocycles. The maximum Gasteiger partial charge on any atom is 0.126 e. The Kier molecular flexibility index (Phi) is 32.8. The summed E-state index contributed by atoms with van der Waals surface area (Å²) in [5, 5.41) is 14.0. The fraction of sp³-hybridized carbons (Fsp3) is 0.368. The van der Waals surface area contributed by atoms with Gasteiger partial charge in [-0.2, -0.15) is 0 Å². The number of unbranched alkanes of at least 4 members (excludes halogenated alkanes) is 1. The van der Waals surface area contributed by atoms with Gasteiger partial charge in [0.15, 0.2) is 0 Å². The van der Waals surface area contributed by atoms with E-state index in [1.54, 1.807) is 0 Å². The lowest BCUT2D eigenvalue weighted by atomic mass is 10.0. The normalized spacial score (nSPS) is 15.8. The van der Waals surface area contributed by atoms with Crippen molar-refractivity contribution in [2.45, 2.75) is 168 Å². The molecule has 10 aromatic rings. The van der Waals surface area contributed by atoms with Crippen LogP contribution in [0.4, 0.5) is 0 Å². The van der Waals surface area contributed by atoms with Crippen LogP contribution in [0.3, 0.4) is 0 Å². The van der Waals surface area contributed by atoms with Crippen LogP contribution in [0.5, 0.6) is 51.7 Å². The first kappa shape index (κ1) is 80.2. The van der Waals surface area contributed by atoms with Crippen molar-refractivity contribution in [1.82, 2.24) is 21.3 Å². The van der Waals surface area contributed by atoms with Gasteiger partial charge < -0.3 is 68.6 Å². The number of para-hydroxylation sites is 1. The molecule has 14 nitrogen and oxygen atoms in total. The lowest BCUT2D eigenvalue weighted by Crippen LogP contribution is -2.43. The van der Waals surface area contributed by atoms with Crippen LogP contribution < -0.4 is 63.9 Å². The van der Waals surface area contributed by atoms with Crippen LogP contribution >= 0.6 is 0 Å². The SMILES string of the molecule is CC(C)(C)NC[C@H]1CCc2ccc(OCc3ccccc3)cc2O1.CCCCOCCCNC[C@H]1CCc2ccc(OCc3ccccc3)cc2O1.c1ccc(CNC[C@H]2CCc3ccc(OCc4ccccc4)cc3O2)cc1.c1ccc(COc2ccc3c(c2)O[C@@H](CNCCCOc2ccccc2)CC3)cc1. The highest BCUT2D eigenvalue weighted by Gasteiger charge is 2.25. The number of fused-ring (bicyclic) bond motifs is 4. The van der Waals surface area contributed by atoms with E-state index >= 15 is 0 Å². The van der Waals surface area contributed by atoms with Crippen LogP contribution in [-0.2, 0) is 63.4 Å². The second-order valence-corrected chi connectivity index (χ2v) is 29.3. The Bertz CT molecular complexity index is 4170.